The van der Waals surface area contributed by atoms with E-state index in [4.69, 9.17) is 22.1 Å². The predicted molar refractivity (Wildman–Crippen MR) is 75.4 cm³/mol. The Morgan fingerprint density at radius 3 is 2.63 bits per heavy atom. The van der Waals surface area contributed by atoms with Crippen molar-refractivity contribution >= 4 is 11.6 Å². The van der Waals surface area contributed by atoms with Gasteiger partial charge in [-0.1, -0.05) is 11.6 Å². The van der Waals surface area contributed by atoms with Gasteiger partial charge in [0.05, 0.1) is 0 Å². The molecule has 0 amide bonds. The molecule has 2 N–H and O–H groups in total. The van der Waals surface area contributed by atoms with Crippen molar-refractivity contribution in [1.82, 2.24) is 0 Å². The summed E-state index contributed by atoms with van der Waals surface area (Å²) in [5, 5.41) is 0.676. The molecule has 2 aromatic carbocycles. The SMILES string of the molecule is Cc1cc(Oc2cc(F)cc(CCN)c2)ccc1Cl. The van der Waals surface area contributed by atoms with Gasteiger partial charge in [-0.15, -0.1) is 0 Å². The van der Waals surface area contributed by atoms with Gasteiger partial charge in [-0.05, 0) is 61.3 Å². The lowest BCUT2D eigenvalue weighted by Crippen LogP contribution is -2.03. The van der Waals surface area contributed by atoms with E-state index in [9.17, 15) is 4.39 Å². The number of rotatable bonds is 4. The first kappa shape index (κ1) is 13.8. The molecule has 0 saturated carbocycles. The smallest absolute Gasteiger partial charge is 0.130 e. The minimum Gasteiger partial charge on any atom is -0.457 e. The van der Waals surface area contributed by atoms with Crippen LogP contribution in [-0.2, 0) is 6.42 Å². The second-order valence-corrected chi connectivity index (χ2v) is 4.75. The van der Waals surface area contributed by atoms with Gasteiger partial charge in [0.2, 0.25) is 0 Å². The summed E-state index contributed by atoms with van der Waals surface area (Å²) in [6.45, 7) is 2.36. The molecule has 0 aliphatic heterocycles. The molecule has 2 nitrogen and oxygen atoms in total. The molecule has 0 saturated heterocycles. The third-order valence-corrected chi connectivity index (χ3v) is 3.15. The molecule has 0 aliphatic carbocycles. The molecule has 0 unspecified atom stereocenters. The highest BCUT2D eigenvalue weighted by molar-refractivity contribution is 6.31. The van der Waals surface area contributed by atoms with Gasteiger partial charge in [0, 0.05) is 11.1 Å². The molecule has 0 aliphatic rings. The van der Waals surface area contributed by atoms with Gasteiger partial charge in [-0.25, -0.2) is 4.39 Å². The highest BCUT2D eigenvalue weighted by Gasteiger charge is 2.04. The first-order chi connectivity index (χ1) is 9.08. The number of halogens is 2. The van der Waals surface area contributed by atoms with Gasteiger partial charge in [-0.2, -0.15) is 0 Å². The maximum atomic E-state index is 13.5. The second-order valence-electron chi connectivity index (χ2n) is 4.35. The number of nitrogens with two attached hydrogens (primary N) is 1. The van der Waals surface area contributed by atoms with E-state index in [1.807, 2.05) is 13.0 Å². The van der Waals surface area contributed by atoms with Crippen LogP contribution >= 0.6 is 11.6 Å². The Hall–Kier alpha value is -1.58. The van der Waals surface area contributed by atoms with Crippen molar-refractivity contribution in [3.05, 3.63) is 58.4 Å². The lowest BCUT2D eigenvalue weighted by Gasteiger charge is -2.09. The average molecular weight is 280 g/mol. The van der Waals surface area contributed by atoms with E-state index in [1.54, 1.807) is 18.2 Å². The third kappa shape index (κ3) is 3.69. The normalized spacial score (nSPS) is 10.5. The van der Waals surface area contributed by atoms with Gasteiger partial charge >= 0.3 is 0 Å². The molecule has 0 heterocycles. The quantitative estimate of drug-likeness (QED) is 0.915. The van der Waals surface area contributed by atoms with Gasteiger partial charge in [0.1, 0.15) is 17.3 Å². The molecule has 100 valence electrons. The Balaban J connectivity index is 2.24. The highest BCUT2D eigenvalue weighted by Crippen LogP contribution is 2.27. The van der Waals surface area contributed by atoms with E-state index in [0.717, 1.165) is 11.1 Å². The van der Waals surface area contributed by atoms with Crippen LogP contribution in [0.3, 0.4) is 0 Å². The highest BCUT2D eigenvalue weighted by atomic mass is 35.5. The number of hydrogen-bond acceptors (Lipinski definition) is 2. The fraction of sp³-hybridized carbons (Fsp3) is 0.200. The van der Waals surface area contributed by atoms with Crippen LogP contribution in [-0.4, -0.2) is 6.54 Å². The Labute approximate surface area is 117 Å². The minimum absolute atomic E-state index is 0.327. The summed E-state index contributed by atoms with van der Waals surface area (Å²) in [6, 6.07) is 9.93. The Bertz CT molecular complexity index is 586. The first-order valence-electron chi connectivity index (χ1n) is 6.02. The molecule has 0 fully saturated rings. The van der Waals surface area contributed by atoms with E-state index >= 15 is 0 Å². The summed E-state index contributed by atoms with van der Waals surface area (Å²) in [6.07, 6.45) is 0.619. The molecular weight excluding hydrogens is 265 g/mol. The zero-order valence-corrected chi connectivity index (χ0v) is 11.4. The van der Waals surface area contributed by atoms with Crippen molar-refractivity contribution < 1.29 is 9.13 Å². The standard InChI is InChI=1S/C15H15ClFNO/c1-10-6-13(2-3-15(10)16)19-14-8-11(4-5-18)7-12(17)9-14/h2-3,6-9H,4-5,18H2,1H3. The fourth-order valence-corrected chi connectivity index (χ4v) is 1.92. The van der Waals surface area contributed by atoms with Crippen LogP contribution in [0.1, 0.15) is 11.1 Å². The van der Waals surface area contributed by atoms with Crippen LogP contribution in [0.25, 0.3) is 0 Å². The molecule has 19 heavy (non-hydrogen) atoms. The number of ether oxygens (including phenoxy) is 1. The van der Waals surface area contributed by atoms with Crippen molar-refractivity contribution in [2.24, 2.45) is 5.73 Å². The molecule has 0 radical (unpaired) electrons. The topological polar surface area (TPSA) is 35.2 Å². The summed E-state index contributed by atoms with van der Waals surface area (Å²) >= 11 is 5.95. The van der Waals surface area contributed by atoms with Crippen LogP contribution in [0, 0.1) is 12.7 Å². The lowest BCUT2D eigenvalue weighted by atomic mass is 10.1. The van der Waals surface area contributed by atoms with E-state index in [1.165, 1.54) is 12.1 Å². The van der Waals surface area contributed by atoms with Crippen LogP contribution < -0.4 is 10.5 Å². The number of aryl methyl sites for hydroxylation is 1. The predicted octanol–water partition coefficient (Wildman–Crippen LogP) is 4.08. The van der Waals surface area contributed by atoms with Crippen LogP contribution in [0.15, 0.2) is 36.4 Å². The summed E-state index contributed by atoms with van der Waals surface area (Å²) in [5.41, 5.74) is 7.21. The first-order valence-corrected chi connectivity index (χ1v) is 6.40. The summed E-state index contributed by atoms with van der Waals surface area (Å²) in [7, 11) is 0. The van der Waals surface area contributed by atoms with E-state index in [0.29, 0.717) is 29.5 Å². The zero-order valence-electron chi connectivity index (χ0n) is 10.6. The number of hydrogen-bond donors (Lipinski definition) is 1. The molecular formula is C15H15ClFNO. The van der Waals surface area contributed by atoms with Gasteiger partial charge in [-0.3, -0.25) is 0 Å². The Morgan fingerprint density at radius 2 is 1.95 bits per heavy atom. The maximum absolute atomic E-state index is 13.5. The van der Waals surface area contributed by atoms with Crippen molar-refractivity contribution in [1.29, 1.82) is 0 Å². The Morgan fingerprint density at radius 1 is 1.16 bits per heavy atom. The van der Waals surface area contributed by atoms with Crippen LogP contribution in [0.2, 0.25) is 5.02 Å². The average Bonchev–Trinajstić information content (AvgIpc) is 2.33. The van der Waals surface area contributed by atoms with Crippen molar-refractivity contribution in [2.75, 3.05) is 6.54 Å². The largest absolute Gasteiger partial charge is 0.457 e. The summed E-state index contributed by atoms with van der Waals surface area (Å²) in [5.74, 6) is 0.767. The fourth-order valence-electron chi connectivity index (χ4n) is 1.81. The van der Waals surface area contributed by atoms with Crippen LogP contribution in [0.5, 0.6) is 11.5 Å². The molecule has 4 heteroatoms. The molecule has 2 rings (SSSR count). The van der Waals surface area contributed by atoms with Crippen molar-refractivity contribution in [3.8, 4) is 11.5 Å². The van der Waals surface area contributed by atoms with Crippen molar-refractivity contribution in [2.45, 2.75) is 13.3 Å². The number of benzene rings is 2. The Kier molecular flexibility index (Phi) is 4.40. The summed E-state index contributed by atoms with van der Waals surface area (Å²) < 4.78 is 19.1. The monoisotopic (exact) mass is 279 g/mol. The van der Waals surface area contributed by atoms with Crippen molar-refractivity contribution in [3.63, 3.8) is 0 Å². The van der Waals surface area contributed by atoms with E-state index in [2.05, 4.69) is 0 Å². The van der Waals surface area contributed by atoms with Gasteiger partial charge in [0.15, 0.2) is 0 Å². The zero-order chi connectivity index (χ0) is 13.8. The molecule has 0 atom stereocenters. The maximum Gasteiger partial charge on any atom is 0.130 e. The minimum atomic E-state index is -0.327. The third-order valence-electron chi connectivity index (χ3n) is 2.73. The van der Waals surface area contributed by atoms with Crippen LogP contribution in [0.4, 0.5) is 4.39 Å². The summed E-state index contributed by atoms with van der Waals surface area (Å²) in [4.78, 5) is 0. The molecule has 0 aromatic heterocycles. The molecule has 0 spiro atoms. The molecule has 0 bridgehead atoms. The second kappa shape index (κ2) is 6.04. The van der Waals surface area contributed by atoms with E-state index < -0.39 is 0 Å². The lowest BCUT2D eigenvalue weighted by molar-refractivity contribution is 0.475. The van der Waals surface area contributed by atoms with Gasteiger partial charge < -0.3 is 10.5 Å². The molecule has 2 aromatic rings. The van der Waals surface area contributed by atoms with Gasteiger partial charge in [0.25, 0.3) is 0 Å². The van der Waals surface area contributed by atoms with E-state index in [-0.39, 0.29) is 5.82 Å².